The van der Waals surface area contributed by atoms with Crippen LogP contribution in [0.15, 0.2) is 29.2 Å². The molecule has 1 amide bonds. The number of sulfonamides is 1. The number of hydrogen-bond acceptors (Lipinski definition) is 3. The Bertz CT molecular complexity index is 716. The van der Waals surface area contributed by atoms with Gasteiger partial charge in [-0.05, 0) is 48.8 Å². The maximum atomic E-state index is 13.0. The molecular weight excluding hydrogens is 324 g/mol. The lowest BCUT2D eigenvalue weighted by atomic mass is 9.87. The Kier molecular flexibility index (Phi) is 4.47. The minimum Gasteiger partial charge on any atom is -0.352 e. The molecule has 2 aliphatic rings. The monoisotopic (exact) mass is 350 g/mol. The molecule has 1 atom stereocenters. The SMILES string of the molecule is CC(C)(C)c1ccc(S(=O)(=O)N2CCCC2C(=O)NC2CC2)cc1. The molecule has 0 bridgehead atoms. The van der Waals surface area contributed by atoms with Gasteiger partial charge in [0, 0.05) is 12.6 Å². The first-order valence-corrected chi connectivity index (χ1v) is 10.1. The van der Waals surface area contributed by atoms with Crippen molar-refractivity contribution in [2.75, 3.05) is 6.54 Å². The van der Waals surface area contributed by atoms with Crippen LogP contribution in [0.5, 0.6) is 0 Å². The summed E-state index contributed by atoms with van der Waals surface area (Å²) in [5, 5.41) is 2.93. The van der Waals surface area contributed by atoms with Crippen molar-refractivity contribution in [1.82, 2.24) is 9.62 Å². The topological polar surface area (TPSA) is 66.5 Å². The number of hydrogen-bond donors (Lipinski definition) is 1. The van der Waals surface area contributed by atoms with Crippen LogP contribution in [-0.4, -0.2) is 37.3 Å². The van der Waals surface area contributed by atoms with Crippen LogP contribution in [0.3, 0.4) is 0 Å². The summed E-state index contributed by atoms with van der Waals surface area (Å²) in [5.41, 5.74) is 1.06. The Hall–Kier alpha value is -1.40. The van der Waals surface area contributed by atoms with Gasteiger partial charge in [0.2, 0.25) is 15.9 Å². The van der Waals surface area contributed by atoms with Crippen LogP contribution in [0.4, 0.5) is 0 Å². The van der Waals surface area contributed by atoms with Crippen LogP contribution in [0.1, 0.15) is 52.0 Å². The average Bonchev–Trinajstić information content (AvgIpc) is 3.17. The van der Waals surface area contributed by atoms with Crippen molar-refractivity contribution in [2.45, 2.75) is 68.8 Å². The Morgan fingerprint density at radius 2 is 1.75 bits per heavy atom. The zero-order valence-electron chi connectivity index (χ0n) is 14.6. The van der Waals surface area contributed by atoms with Gasteiger partial charge in [-0.1, -0.05) is 32.9 Å². The van der Waals surface area contributed by atoms with Gasteiger partial charge in [0.1, 0.15) is 6.04 Å². The maximum Gasteiger partial charge on any atom is 0.243 e. The molecule has 1 aromatic rings. The molecule has 132 valence electrons. The van der Waals surface area contributed by atoms with Crippen molar-refractivity contribution in [3.05, 3.63) is 29.8 Å². The highest BCUT2D eigenvalue weighted by molar-refractivity contribution is 7.89. The van der Waals surface area contributed by atoms with Crippen molar-refractivity contribution in [2.24, 2.45) is 0 Å². The molecule has 1 N–H and O–H groups in total. The summed E-state index contributed by atoms with van der Waals surface area (Å²) in [7, 11) is -3.64. The minimum absolute atomic E-state index is 0.0252. The van der Waals surface area contributed by atoms with Crippen LogP contribution >= 0.6 is 0 Å². The molecule has 5 nitrogen and oxygen atoms in total. The van der Waals surface area contributed by atoms with Gasteiger partial charge in [0.05, 0.1) is 4.90 Å². The largest absolute Gasteiger partial charge is 0.352 e. The second-order valence-electron chi connectivity index (χ2n) is 7.83. The molecular formula is C18H26N2O3S. The lowest BCUT2D eigenvalue weighted by Crippen LogP contribution is -2.46. The first-order valence-electron chi connectivity index (χ1n) is 8.62. The van der Waals surface area contributed by atoms with Crippen LogP contribution in [0.2, 0.25) is 0 Å². The fraction of sp³-hybridized carbons (Fsp3) is 0.611. The first kappa shape index (κ1) is 17.4. The van der Waals surface area contributed by atoms with E-state index in [0.717, 1.165) is 24.8 Å². The summed E-state index contributed by atoms with van der Waals surface area (Å²) in [6.07, 6.45) is 3.32. The Balaban J connectivity index is 1.82. The molecule has 0 aromatic heterocycles. The maximum absolute atomic E-state index is 13.0. The lowest BCUT2D eigenvalue weighted by Gasteiger charge is -2.24. The van der Waals surface area contributed by atoms with Crippen molar-refractivity contribution >= 4 is 15.9 Å². The van der Waals surface area contributed by atoms with Gasteiger partial charge in [-0.25, -0.2) is 8.42 Å². The third-order valence-electron chi connectivity index (χ3n) is 4.76. The summed E-state index contributed by atoms with van der Waals surface area (Å²) in [6.45, 7) is 6.69. The smallest absolute Gasteiger partial charge is 0.243 e. The highest BCUT2D eigenvalue weighted by Gasteiger charge is 2.40. The fourth-order valence-corrected chi connectivity index (χ4v) is 4.73. The number of benzene rings is 1. The Labute approximate surface area is 144 Å². The summed E-state index contributed by atoms with van der Waals surface area (Å²) < 4.78 is 27.3. The van der Waals surface area contributed by atoms with E-state index in [1.807, 2.05) is 12.1 Å². The predicted molar refractivity (Wildman–Crippen MR) is 93.2 cm³/mol. The number of nitrogens with zero attached hydrogens (tertiary/aromatic N) is 1. The molecule has 0 spiro atoms. The van der Waals surface area contributed by atoms with E-state index in [1.165, 1.54) is 4.31 Å². The Morgan fingerprint density at radius 3 is 2.29 bits per heavy atom. The van der Waals surface area contributed by atoms with E-state index in [-0.39, 0.29) is 22.3 Å². The van der Waals surface area contributed by atoms with E-state index in [9.17, 15) is 13.2 Å². The van der Waals surface area contributed by atoms with Crippen LogP contribution in [0.25, 0.3) is 0 Å². The molecule has 1 saturated carbocycles. The molecule has 1 saturated heterocycles. The number of amides is 1. The summed E-state index contributed by atoms with van der Waals surface area (Å²) in [4.78, 5) is 12.6. The third kappa shape index (κ3) is 3.49. The van der Waals surface area contributed by atoms with Gasteiger partial charge in [-0.15, -0.1) is 0 Å². The second kappa shape index (κ2) is 6.15. The molecule has 1 aromatic carbocycles. The molecule has 24 heavy (non-hydrogen) atoms. The van der Waals surface area contributed by atoms with E-state index in [2.05, 4.69) is 26.1 Å². The number of rotatable bonds is 4. The molecule has 1 aliphatic carbocycles. The van der Waals surface area contributed by atoms with Crippen molar-refractivity contribution in [3.8, 4) is 0 Å². The molecule has 1 aliphatic heterocycles. The lowest BCUT2D eigenvalue weighted by molar-refractivity contribution is -0.124. The first-order chi connectivity index (χ1) is 11.2. The van der Waals surface area contributed by atoms with Crippen LogP contribution in [0, 0.1) is 0 Å². The predicted octanol–water partition coefficient (Wildman–Crippen LogP) is 2.42. The highest BCUT2D eigenvalue weighted by Crippen LogP contribution is 2.29. The standard InChI is InChI=1S/C18H26N2O3S/c1-18(2,3)13-6-10-15(11-7-13)24(22,23)20-12-4-5-16(20)17(21)19-14-8-9-14/h6-7,10-11,14,16H,4-5,8-9,12H2,1-3H3,(H,19,21). The number of carbonyl (C=O) groups excluding carboxylic acids is 1. The van der Waals surface area contributed by atoms with E-state index in [4.69, 9.17) is 0 Å². The molecule has 1 heterocycles. The van der Waals surface area contributed by atoms with Gasteiger partial charge in [0.25, 0.3) is 0 Å². The van der Waals surface area contributed by atoms with Gasteiger partial charge >= 0.3 is 0 Å². The minimum atomic E-state index is -3.64. The van der Waals surface area contributed by atoms with Gasteiger partial charge in [0.15, 0.2) is 0 Å². The summed E-state index contributed by atoms with van der Waals surface area (Å²) >= 11 is 0. The average molecular weight is 350 g/mol. The zero-order chi connectivity index (χ0) is 17.5. The van der Waals surface area contributed by atoms with E-state index < -0.39 is 16.1 Å². The molecule has 2 fully saturated rings. The fourth-order valence-electron chi connectivity index (χ4n) is 3.08. The van der Waals surface area contributed by atoms with Crippen LogP contribution < -0.4 is 5.32 Å². The van der Waals surface area contributed by atoms with E-state index in [1.54, 1.807) is 12.1 Å². The summed E-state index contributed by atoms with van der Waals surface area (Å²) in [6, 6.07) is 6.71. The zero-order valence-corrected chi connectivity index (χ0v) is 15.4. The summed E-state index contributed by atoms with van der Waals surface area (Å²) in [5.74, 6) is -0.148. The van der Waals surface area contributed by atoms with Gasteiger partial charge in [-0.3, -0.25) is 4.79 Å². The molecule has 0 radical (unpaired) electrons. The molecule has 1 unspecified atom stereocenters. The number of carbonyl (C=O) groups is 1. The van der Waals surface area contributed by atoms with Gasteiger partial charge in [-0.2, -0.15) is 4.31 Å². The van der Waals surface area contributed by atoms with Crippen molar-refractivity contribution in [1.29, 1.82) is 0 Å². The number of nitrogens with one attached hydrogen (secondary N) is 1. The highest BCUT2D eigenvalue weighted by atomic mass is 32.2. The molecule has 3 rings (SSSR count). The van der Waals surface area contributed by atoms with Crippen molar-refractivity contribution < 1.29 is 13.2 Å². The molecule has 6 heteroatoms. The van der Waals surface area contributed by atoms with E-state index >= 15 is 0 Å². The normalized spacial score (nSPS) is 22.5. The van der Waals surface area contributed by atoms with Gasteiger partial charge < -0.3 is 5.32 Å². The third-order valence-corrected chi connectivity index (χ3v) is 6.68. The van der Waals surface area contributed by atoms with E-state index in [0.29, 0.717) is 13.0 Å². The Morgan fingerprint density at radius 1 is 1.12 bits per heavy atom. The van der Waals surface area contributed by atoms with Crippen molar-refractivity contribution in [3.63, 3.8) is 0 Å². The second-order valence-corrected chi connectivity index (χ2v) is 9.72. The van der Waals surface area contributed by atoms with Crippen LogP contribution in [-0.2, 0) is 20.2 Å². The quantitative estimate of drug-likeness (QED) is 0.907.